The molecule has 0 saturated heterocycles. The minimum absolute atomic E-state index is 0.0331. The normalized spacial score (nSPS) is 10.3. The summed E-state index contributed by atoms with van der Waals surface area (Å²) >= 11 is 3.38. The lowest BCUT2D eigenvalue weighted by atomic mass is 10.0. The number of Topliss-reactive ketones (excluding diaryl/α,β-unsaturated/α-hetero) is 1. The van der Waals surface area contributed by atoms with Crippen molar-refractivity contribution in [3.05, 3.63) is 57.6 Å². The number of anilines is 1. The second-order valence-electron chi connectivity index (χ2n) is 6.52. The fraction of sp³-hybridized carbons (Fsp3) is 0.286. The third kappa shape index (κ3) is 5.66. The summed E-state index contributed by atoms with van der Waals surface area (Å²) in [5, 5.41) is 2.81. The first kappa shape index (κ1) is 21.6. The Morgan fingerprint density at radius 1 is 1.14 bits per heavy atom. The number of aryl methyl sites for hydroxylation is 1. The highest BCUT2D eigenvalue weighted by molar-refractivity contribution is 9.10. The first-order chi connectivity index (χ1) is 13.2. The zero-order valence-corrected chi connectivity index (χ0v) is 17.9. The summed E-state index contributed by atoms with van der Waals surface area (Å²) in [6.07, 6.45) is 0.0331. The van der Waals surface area contributed by atoms with Crippen LogP contribution in [0.2, 0.25) is 0 Å². The Morgan fingerprint density at radius 3 is 2.46 bits per heavy atom. The standard InChI is InChI=1S/C21H23BrN2O4/c1-13-9-17(22)6-7-18(13)23-20(26)12-24(3)21(27)11-16-10-15(14(2)25)5-8-19(16)28-4/h5-10H,11-12H2,1-4H3,(H,23,26). The number of rotatable bonds is 7. The second kappa shape index (κ2) is 9.50. The number of hydrogen-bond donors (Lipinski definition) is 1. The smallest absolute Gasteiger partial charge is 0.243 e. The fourth-order valence-electron chi connectivity index (χ4n) is 2.69. The number of carbonyl (C=O) groups excluding carboxylic acids is 3. The van der Waals surface area contributed by atoms with Gasteiger partial charge in [0.15, 0.2) is 5.78 Å². The molecular weight excluding hydrogens is 424 g/mol. The maximum atomic E-state index is 12.6. The Labute approximate surface area is 173 Å². The van der Waals surface area contributed by atoms with E-state index in [2.05, 4.69) is 21.2 Å². The van der Waals surface area contributed by atoms with E-state index in [1.54, 1.807) is 31.3 Å². The van der Waals surface area contributed by atoms with Gasteiger partial charge in [-0.1, -0.05) is 15.9 Å². The number of ketones is 1. The monoisotopic (exact) mass is 446 g/mol. The molecule has 0 spiro atoms. The van der Waals surface area contributed by atoms with Gasteiger partial charge in [0.2, 0.25) is 11.8 Å². The second-order valence-corrected chi connectivity index (χ2v) is 7.43. The van der Waals surface area contributed by atoms with E-state index in [1.807, 2.05) is 19.1 Å². The number of hydrogen-bond acceptors (Lipinski definition) is 4. The van der Waals surface area contributed by atoms with Gasteiger partial charge in [0, 0.05) is 28.3 Å². The van der Waals surface area contributed by atoms with Crippen LogP contribution in [0.4, 0.5) is 5.69 Å². The van der Waals surface area contributed by atoms with E-state index in [4.69, 9.17) is 4.74 Å². The van der Waals surface area contributed by atoms with Crippen LogP contribution in [0, 0.1) is 6.92 Å². The summed E-state index contributed by atoms with van der Waals surface area (Å²) < 4.78 is 6.21. The predicted octanol–water partition coefficient (Wildman–Crippen LogP) is 3.61. The van der Waals surface area contributed by atoms with E-state index in [-0.39, 0.29) is 30.6 Å². The van der Waals surface area contributed by atoms with E-state index in [0.29, 0.717) is 22.6 Å². The highest BCUT2D eigenvalue weighted by atomic mass is 79.9. The molecule has 2 amide bonds. The SMILES string of the molecule is COc1ccc(C(C)=O)cc1CC(=O)N(C)CC(=O)Nc1ccc(Br)cc1C. The number of methoxy groups -OCH3 is 1. The number of benzene rings is 2. The molecule has 148 valence electrons. The molecule has 0 aliphatic carbocycles. The zero-order valence-electron chi connectivity index (χ0n) is 16.3. The number of nitrogens with zero attached hydrogens (tertiary/aromatic N) is 1. The number of amides is 2. The Balaban J connectivity index is 2.03. The number of carbonyl (C=O) groups is 3. The molecule has 0 atom stereocenters. The molecule has 2 aromatic rings. The van der Waals surface area contributed by atoms with Gasteiger partial charge < -0.3 is 15.0 Å². The average molecular weight is 447 g/mol. The van der Waals surface area contributed by atoms with Crippen molar-refractivity contribution in [2.75, 3.05) is 26.0 Å². The molecular formula is C21H23BrN2O4. The first-order valence-corrected chi connectivity index (χ1v) is 9.48. The van der Waals surface area contributed by atoms with Gasteiger partial charge in [0.25, 0.3) is 0 Å². The molecule has 7 heteroatoms. The van der Waals surface area contributed by atoms with Crippen LogP contribution in [0.1, 0.15) is 28.4 Å². The lowest BCUT2D eigenvalue weighted by Crippen LogP contribution is -2.36. The van der Waals surface area contributed by atoms with Gasteiger partial charge in [0.05, 0.1) is 20.1 Å². The topological polar surface area (TPSA) is 75.7 Å². The summed E-state index contributed by atoms with van der Waals surface area (Å²) in [5.41, 5.74) is 2.73. The fourth-order valence-corrected chi connectivity index (χ4v) is 3.17. The maximum absolute atomic E-state index is 12.6. The molecule has 2 rings (SSSR count). The molecule has 1 N–H and O–H groups in total. The molecule has 0 fully saturated rings. The molecule has 28 heavy (non-hydrogen) atoms. The van der Waals surface area contributed by atoms with Gasteiger partial charge in [-0.25, -0.2) is 0 Å². The zero-order chi connectivity index (χ0) is 20.8. The van der Waals surface area contributed by atoms with Crippen LogP contribution in [0.3, 0.4) is 0 Å². The molecule has 0 aliphatic heterocycles. The molecule has 0 heterocycles. The first-order valence-electron chi connectivity index (χ1n) is 8.69. The van der Waals surface area contributed by atoms with Crippen molar-refractivity contribution in [2.24, 2.45) is 0 Å². The number of likely N-dealkylation sites (N-methyl/N-ethyl adjacent to an activating group) is 1. The minimum atomic E-state index is -0.286. The van der Waals surface area contributed by atoms with Crippen molar-refractivity contribution in [3.8, 4) is 5.75 Å². The van der Waals surface area contributed by atoms with Gasteiger partial charge >= 0.3 is 0 Å². The summed E-state index contributed by atoms with van der Waals surface area (Å²) in [6.45, 7) is 3.28. The van der Waals surface area contributed by atoms with Gasteiger partial charge in [-0.3, -0.25) is 14.4 Å². The van der Waals surface area contributed by atoms with E-state index < -0.39 is 0 Å². The molecule has 0 unspecified atom stereocenters. The maximum Gasteiger partial charge on any atom is 0.243 e. The van der Waals surface area contributed by atoms with Gasteiger partial charge in [-0.2, -0.15) is 0 Å². The lowest BCUT2D eigenvalue weighted by Gasteiger charge is -2.18. The molecule has 2 aromatic carbocycles. The summed E-state index contributed by atoms with van der Waals surface area (Å²) in [6, 6.07) is 10.5. The summed E-state index contributed by atoms with van der Waals surface area (Å²) in [7, 11) is 3.08. The van der Waals surface area contributed by atoms with Crippen molar-refractivity contribution in [1.82, 2.24) is 4.90 Å². The van der Waals surface area contributed by atoms with Crippen LogP contribution in [-0.4, -0.2) is 43.2 Å². The average Bonchev–Trinajstić information content (AvgIpc) is 2.63. The largest absolute Gasteiger partial charge is 0.496 e. The van der Waals surface area contributed by atoms with Crippen molar-refractivity contribution in [2.45, 2.75) is 20.3 Å². The van der Waals surface area contributed by atoms with Crippen LogP contribution < -0.4 is 10.1 Å². The summed E-state index contributed by atoms with van der Waals surface area (Å²) in [5.74, 6) is -0.0944. The minimum Gasteiger partial charge on any atom is -0.496 e. The van der Waals surface area contributed by atoms with Gasteiger partial charge in [-0.05, 0) is 55.8 Å². The highest BCUT2D eigenvalue weighted by Gasteiger charge is 2.17. The van der Waals surface area contributed by atoms with Crippen molar-refractivity contribution in [1.29, 1.82) is 0 Å². The number of ether oxygens (including phenoxy) is 1. The van der Waals surface area contributed by atoms with Gasteiger partial charge in [0.1, 0.15) is 5.75 Å². The van der Waals surface area contributed by atoms with E-state index >= 15 is 0 Å². The predicted molar refractivity (Wildman–Crippen MR) is 112 cm³/mol. The Hall–Kier alpha value is -2.67. The van der Waals surface area contributed by atoms with Crippen LogP contribution in [-0.2, 0) is 16.0 Å². The van der Waals surface area contributed by atoms with Gasteiger partial charge in [-0.15, -0.1) is 0 Å². The Kier molecular flexibility index (Phi) is 7.34. The van der Waals surface area contributed by atoms with Crippen LogP contribution in [0.5, 0.6) is 5.75 Å². The van der Waals surface area contributed by atoms with Crippen molar-refractivity contribution >= 4 is 39.2 Å². The lowest BCUT2D eigenvalue weighted by molar-refractivity contribution is -0.132. The van der Waals surface area contributed by atoms with Crippen LogP contribution in [0.25, 0.3) is 0 Å². The van der Waals surface area contributed by atoms with Crippen molar-refractivity contribution < 1.29 is 19.1 Å². The third-order valence-electron chi connectivity index (χ3n) is 4.30. The third-order valence-corrected chi connectivity index (χ3v) is 4.79. The number of halogens is 1. The van der Waals surface area contributed by atoms with E-state index in [9.17, 15) is 14.4 Å². The number of nitrogens with one attached hydrogen (secondary N) is 1. The summed E-state index contributed by atoms with van der Waals surface area (Å²) in [4.78, 5) is 37.8. The Bertz CT molecular complexity index is 911. The molecule has 0 aliphatic rings. The molecule has 0 radical (unpaired) electrons. The molecule has 6 nitrogen and oxygen atoms in total. The van der Waals surface area contributed by atoms with Crippen LogP contribution >= 0.6 is 15.9 Å². The Morgan fingerprint density at radius 2 is 1.86 bits per heavy atom. The molecule has 0 aromatic heterocycles. The highest BCUT2D eigenvalue weighted by Crippen LogP contribution is 2.22. The molecule has 0 saturated carbocycles. The van der Waals surface area contributed by atoms with E-state index in [1.165, 1.54) is 18.9 Å². The quantitative estimate of drug-likeness (QED) is 0.659. The molecule has 0 bridgehead atoms. The van der Waals surface area contributed by atoms with Crippen LogP contribution in [0.15, 0.2) is 40.9 Å². The van der Waals surface area contributed by atoms with Crippen molar-refractivity contribution in [3.63, 3.8) is 0 Å². The van der Waals surface area contributed by atoms with E-state index in [0.717, 1.165) is 10.0 Å².